The number of aromatic nitrogens is 1. The van der Waals surface area contributed by atoms with Gasteiger partial charge in [0.05, 0.1) is 0 Å². The summed E-state index contributed by atoms with van der Waals surface area (Å²) in [4.78, 5) is 27.8. The number of nitrogens with zero attached hydrogens (tertiary/aromatic N) is 2. The molecule has 2 bridgehead atoms. The monoisotopic (exact) mass is 400 g/mol. The van der Waals surface area contributed by atoms with Crippen LogP contribution in [0, 0.1) is 17.8 Å². The molecule has 4 atom stereocenters. The molecule has 3 heterocycles. The molecule has 1 amide bonds. The molecule has 0 spiro atoms. The number of likely N-dealkylation sites (tertiary alicyclic amines) is 1. The Hall–Kier alpha value is -1.62. The second kappa shape index (κ2) is 8.63. The molecule has 1 aromatic rings. The lowest BCUT2D eigenvalue weighted by Gasteiger charge is -2.48. The van der Waals surface area contributed by atoms with Gasteiger partial charge in [-0.15, -0.1) is 0 Å². The van der Waals surface area contributed by atoms with Crippen LogP contribution in [-0.4, -0.2) is 39.7 Å². The van der Waals surface area contributed by atoms with Gasteiger partial charge in [-0.3, -0.25) is 9.59 Å². The van der Waals surface area contributed by atoms with Crippen LogP contribution in [0.4, 0.5) is 0 Å². The van der Waals surface area contributed by atoms with Gasteiger partial charge in [-0.25, -0.2) is 0 Å². The molecule has 1 aromatic heterocycles. The summed E-state index contributed by atoms with van der Waals surface area (Å²) >= 11 is 0. The predicted molar refractivity (Wildman–Crippen MR) is 114 cm³/mol. The molecular formula is C24H36N2O3. The summed E-state index contributed by atoms with van der Waals surface area (Å²) in [5.41, 5.74) is 1.17. The second-order valence-electron chi connectivity index (χ2n) is 9.98. The maximum atomic E-state index is 13.2. The van der Waals surface area contributed by atoms with Gasteiger partial charge in [0.25, 0.3) is 11.5 Å². The van der Waals surface area contributed by atoms with Crippen LogP contribution in [-0.2, 0) is 4.79 Å². The number of aliphatic hydroxyl groups excluding tert-OH is 1. The van der Waals surface area contributed by atoms with Crippen LogP contribution < -0.4 is 5.56 Å². The Morgan fingerprint density at radius 2 is 1.93 bits per heavy atom. The first-order valence-corrected chi connectivity index (χ1v) is 11.6. The van der Waals surface area contributed by atoms with Crippen LogP contribution in [0.1, 0.15) is 82.9 Å². The van der Waals surface area contributed by atoms with Crippen LogP contribution in [0.5, 0.6) is 0 Å². The van der Waals surface area contributed by atoms with E-state index in [0.29, 0.717) is 24.9 Å². The van der Waals surface area contributed by atoms with E-state index in [9.17, 15) is 14.7 Å². The summed E-state index contributed by atoms with van der Waals surface area (Å²) in [6.45, 7) is 5.73. The Labute approximate surface area is 174 Å². The van der Waals surface area contributed by atoms with E-state index in [1.54, 1.807) is 6.07 Å². The third-order valence-corrected chi connectivity index (χ3v) is 7.50. The third kappa shape index (κ3) is 4.16. The molecule has 160 valence electrons. The fraction of sp³-hybridized carbons (Fsp3) is 0.750. The van der Waals surface area contributed by atoms with Crippen molar-refractivity contribution in [1.82, 2.24) is 9.47 Å². The van der Waals surface area contributed by atoms with E-state index in [2.05, 4.69) is 19.9 Å². The maximum absolute atomic E-state index is 13.2. The fourth-order valence-corrected chi connectivity index (χ4v) is 5.93. The molecule has 2 aliphatic heterocycles. The number of carbonyl (C=O) groups excluding carboxylic acids is 1. The van der Waals surface area contributed by atoms with E-state index in [-0.39, 0.29) is 29.3 Å². The van der Waals surface area contributed by atoms with Gasteiger partial charge in [-0.2, -0.15) is 0 Å². The van der Waals surface area contributed by atoms with Crippen molar-refractivity contribution in [2.24, 2.45) is 17.8 Å². The summed E-state index contributed by atoms with van der Waals surface area (Å²) < 4.78 is 2.03. The first kappa shape index (κ1) is 20.6. The zero-order valence-corrected chi connectivity index (χ0v) is 17.9. The first-order valence-electron chi connectivity index (χ1n) is 11.6. The van der Waals surface area contributed by atoms with Crippen molar-refractivity contribution in [1.29, 1.82) is 0 Å². The smallest absolute Gasteiger partial charge is 0.251 e. The predicted octanol–water partition coefficient (Wildman–Crippen LogP) is 3.71. The van der Waals surface area contributed by atoms with Gasteiger partial charge < -0.3 is 14.6 Å². The first-order chi connectivity index (χ1) is 14.0. The zero-order chi connectivity index (χ0) is 20.5. The molecule has 1 N–H and O–H groups in total. The highest BCUT2D eigenvalue weighted by molar-refractivity contribution is 5.81. The lowest BCUT2D eigenvalue weighted by atomic mass is 9.76. The Kier molecular flexibility index (Phi) is 6.14. The Morgan fingerprint density at radius 3 is 2.66 bits per heavy atom. The van der Waals surface area contributed by atoms with Crippen LogP contribution in [0.2, 0.25) is 0 Å². The van der Waals surface area contributed by atoms with Crippen LogP contribution >= 0.6 is 0 Å². The van der Waals surface area contributed by atoms with Crippen LogP contribution in [0.3, 0.4) is 0 Å². The van der Waals surface area contributed by atoms with E-state index in [1.165, 1.54) is 6.42 Å². The molecule has 4 rings (SSSR count). The number of fused-ring (bicyclic) bond motifs is 4. The topological polar surface area (TPSA) is 62.5 Å². The molecule has 5 heteroatoms. The number of hydrogen-bond donors (Lipinski definition) is 1. The van der Waals surface area contributed by atoms with Gasteiger partial charge in [0, 0.05) is 36.8 Å². The standard InChI is InChI=1S/C24H36N2O3/c1-16(2)11-12-21-19-13-18(20-9-6-10-22(27)26(20)21)14-25(15-19)24(29)23(28)17-7-4-3-5-8-17/h6,9-10,16-19,21,23,28H,3-5,7-8,11-15H2,1-2H3/t18-,19+,21+,23-/m1/s1. The summed E-state index contributed by atoms with van der Waals surface area (Å²) in [6, 6.07) is 5.74. The maximum Gasteiger partial charge on any atom is 0.251 e. The molecule has 3 aliphatic rings. The number of carbonyl (C=O) groups is 1. The second-order valence-corrected chi connectivity index (χ2v) is 9.98. The zero-order valence-electron chi connectivity index (χ0n) is 17.9. The fourth-order valence-electron chi connectivity index (χ4n) is 5.93. The Balaban J connectivity index is 1.57. The average molecular weight is 401 g/mol. The summed E-state index contributed by atoms with van der Waals surface area (Å²) in [7, 11) is 0. The molecule has 5 nitrogen and oxygen atoms in total. The number of aliphatic hydroxyl groups is 1. The minimum Gasteiger partial charge on any atom is -0.383 e. The lowest BCUT2D eigenvalue weighted by Crippen LogP contribution is -2.54. The van der Waals surface area contributed by atoms with Gasteiger partial charge in [0.15, 0.2) is 0 Å². The quantitative estimate of drug-likeness (QED) is 0.819. The van der Waals surface area contributed by atoms with Gasteiger partial charge >= 0.3 is 0 Å². The van der Waals surface area contributed by atoms with Gasteiger partial charge in [0.2, 0.25) is 0 Å². The normalized spacial score (nSPS) is 28.3. The van der Waals surface area contributed by atoms with Gasteiger partial charge in [-0.05, 0) is 55.9 Å². The average Bonchev–Trinajstić information content (AvgIpc) is 2.73. The van der Waals surface area contributed by atoms with E-state index < -0.39 is 6.10 Å². The number of amides is 1. The number of pyridine rings is 1. The van der Waals surface area contributed by atoms with E-state index in [4.69, 9.17) is 0 Å². The molecule has 0 aromatic carbocycles. The lowest BCUT2D eigenvalue weighted by molar-refractivity contribution is -0.147. The highest BCUT2D eigenvalue weighted by Gasteiger charge is 2.43. The van der Waals surface area contributed by atoms with Crippen LogP contribution in [0.25, 0.3) is 0 Å². The van der Waals surface area contributed by atoms with Gasteiger partial charge in [0.1, 0.15) is 6.10 Å². The number of rotatable bonds is 5. The molecule has 29 heavy (non-hydrogen) atoms. The molecule has 2 fully saturated rings. The van der Waals surface area contributed by atoms with Crippen molar-refractivity contribution in [3.8, 4) is 0 Å². The molecule has 1 aliphatic carbocycles. The minimum atomic E-state index is -0.860. The van der Waals surface area contributed by atoms with Crippen molar-refractivity contribution in [2.45, 2.75) is 83.3 Å². The largest absolute Gasteiger partial charge is 0.383 e. The summed E-state index contributed by atoms with van der Waals surface area (Å²) in [6.07, 6.45) is 7.60. The van der Waals surface area contributed by atoms with Gasteiger partial charge in [-0.1, -0.05) is 39.2 Å². The van der Waals surface area contributed by atoms with Crippen molar-refractivity contribution in [3.05, 3.63) is 34.2 Å². The summed E-state index contributed by atoms with van der Waals surface area (Å²) in [5, 5.41) is 10.8. The van der Waals surface area contributed by atoms with Crippen molar-refractivity contribution in [2.75, 3.05) is 13.1 Å². The molecule has 1 saturated heterocycles. The summed E-state index contributed by atoms with van der Waals surface area (Å²) in [5.74, 6) is 1.11. The highest BCUT2D eigenvalue weighted by Crippen LogP contribution is 2.43. The van der Waals surface area contributed by atoms with E-state index >= 15 is 0 Å². The van der Waals surface area contributed by atoms with Crippen molar-refractivity contribution < 1.29 is 9.90 Å². The SMILES string of the molecule is CC(C)CC[C@H]1[C@H]2C[C@H](CN(C(=O)[C@H](O)C3CCCCC3)C2)c2cccc(=O)n21. The highest BCUT2D eigenvalue weighted by atomic mass is 16.3. The number of piperidine rings is 1. The third-order valence-electron chi connectivity index (χ3n) is 7.50. The van der Waals surface area contributed by atoms with Crippen LogP contribution in [0.15, 0.2) is 23.0 Å². The van der Waals surface area contributed by atoms with Crippen molar-refractivity contribution in [3.63, 3.8) is 0 Å². The van der Waals surface area contributed by atoms with Crippen molar-refractivity contribution >= 4 is 5.91 Å². The van der Waals surface area contributed by atoms with E-state index in [0.717, 1.165) is 50.6 Å². The molecular weight excluding hydrogens is 364 g/mol. The minimum absolute atomic E-state index is 0.0825. The molecule has 1 saturated carbocycles. The molecule has 0 unspecified atom stereocenters. The van der Waals surface area contributed by atoms with E-state index in [1.807, 2.05) is 15.5 Å². The number of hydrogen-bond acceptors (Lipinski definition) is 3. The Bertz CT molecular complexity index is 781. The molecule has 0 radical (unpaired) electrons. The Morgan fingerprint density at radius 1 is 1.17 bits per heavy atom.